The van der Waals surface area contributed by atoms with E-state index in [0.717, 1.165) is 10.5 Å². The molecule has 1 heterocycles. The van der Waals surface area contributed by atoms with E-state index in [1.807, 2.05) is 12.1 Å². The fourth-order valence-electron chi connectivity index (χ4n) is 2.96. The first-order valence-corrected chi connectivity index (χ1v) is 8.31. The van der Waals surface area contributed by atoms with Gasteiger partial charge in [0.2, 0.25) is 0 Å². The molecule has 5 heteroatoms. The lowest BCUT2D eigenvalue weighted by atomic mass is 9.87. The van der Waals surface area contributed by atoms with E-state index in [4.69, 9.17) is 4.74 Å². The van der Waals surface area contributed by atoms with E-state index in [2.05, 4.69) is 20.8 Å². The number of carbonyl (C=O) groups is 2. The molecule has 2 aromatic rings. The molecule has 0 atom stereocenters. The van der Waals surface area contributed by atoms with Gasteiger partial charge in [0, 0.05) is 5.56 Å². The minimum Gasteiger partial charge on any atom is -0.502 e. The fraction of sp³-hybridized carbons (Fsp3) is 0.238. The average molecular weight is 351 g/mol. The molecule has 0 saturated carbocycles. The molecular weight excluding hydrogens is 330 g/mol. The summed E-state index contributed by atoms with van der Waals surface area (Å²) in [5.74, 6) is -1.46. The van der Waals surface area contributed by atoms with Crippen LogP contribution in [0.5, 0.6) is 5.75 Å². The molecule has 2 aromatic carbocycles. The molecule has 1 aliphatic heterocycles. The van der Waals surface area contributed by atoms with Crippen LogP contribution in [0.25, 0.3) is 5.57 Å². The summed E-state index contributed by atoms with van der Waals surface area (Å²) in [7, 11) is 1.47. The molecule has 0 bridgehead atoms. The van der Waals surface area contributed by atoms with E-state index >= 15 is 0 Å². The van der Waals surface area contributed by atoms with Gasteiger partial charge < -0.3 is 9.84 Å². The number of ether oxygens (including phenoxy) is 1. The second-order valence-corrected chi connectivity index (χ2v) is 7.17. The van der Waals surface area contributed by atoms with Gasteiger partial charge in [-0.2, -0.15) is 0 Å². The van der Waals surface area contributed by atoms with Crippen LogP contribution >= 0.6 is 0 Å². The SMILES string of the molecule is COc1ccccc1C1=C(O)C(=O)N(c2ccc(C(C)(C)C)cc2)C1=O. The standard InChI is InChI=1S/C21H21NO4/c1-21(2,3)13-9-11-14(12-10-13)22-19(24)17(18(23)20(22)25)15-7-5-6-8-16(15)26-4/h5-12,23H,1-4H3. The number of anilines is 1. The van der Waals surface area contributed by atoms with Crippen LogP contribution in [0.3, 0.4) is 0 Å². The van der Waals surface area contributed by atoms with Crippen molar-refractivity contribution in [3.05, 3.63) is 65.4 Å². The lowest BCUT2D eigenvalue weighted by Crippen LogP contribution is -2.31. The predicted molar refractivity (Wildman–Crippen MR) is 100 cm³/mol. The number of nitrogens with zero attached hydrogens (tertiary/aromatic N) is 1. The minimum absolute atomic E-state index is 0.0412. The van der Waals surface area contributed by atoms with E-state index in [-0.39, 0.29) is 11.0 Å². The number of methoxy groups -OCH3 is 1. The topological polar surface area (TPSA) is 66.8 Å². The smallest absolute Gasteiger partial charge is 0.301 e. The van der Waals surface area contributed by atoms with Gasteiger partial charge in [-0.25, -0.2) is 4.90 Å². The highest BCUT2D eigenvalue weighted by atomic mass is 16.5. The van der Waals surface area contributed by atoms with Crippen molar-refractivity contribution >= 4 is 23.1 Å². The first-order chi connectivity index (χ1) is 12.3. The largest absolute Gasteiger partial charge is 0.502 e. The molecular formula is C21H21NO4. The summed E-state index contributed by atoms with van der Waals surface area (Å²) in [5.41, 5.74) is 1.81. The number of benzene rings is 2. The van der Waals surface area contributed by atoms with Crippen LogP contribution in [-0.4, -0.2) is 24.0 Å². The molecule has 0 aliphatic carbocycles. The summed E-state index contributed by atoms with van der Waals surface area (Å²) in [5, 5.41) is 10.3. The monoisotopic (exact) mass is 351 g/mol. The Morgan fingerprint density at radius 3 is 2.12 bits per heavy atom. The highest BCUT2D eigenvalue weighted by molar-refractivity contribution is 6.45. The van der Waals surface area contributed by atoms with Crippen LogP contribution in [0.15, 0.2) is 54.3 Å². The highest BCUT2D eigenvalue weighted by Crippen LogP contribution is 2.36. The second kappa shape index (κ2) is 6.33. The summed E-state index contributed by atoms with van der Waals surface area (Å²) in [6.45, 7) is 6.25. The number of amides is 2. The molecule has 3 rings (SSSR count). The normalized spacial score (nSPS) is 15.0. The molecule has 134 valence electrons. The number of rotatable bonds is 3. The van der Waals surface area contributed by atoms with Crippen molar-refractivity contribution in [2.24, 2.45) is 0 Å². The summed E-state index contributed by atoms with van der Waals surface area (Å²) in [4.78, 5) is 26.4. The van der Waals surface area contributed by atoms with E-state index in [9.17, 15) is 14.7 Å². The van der Waals surface area contributed by atoms with Gasteiger partial charge in [-0.15, -0.1) is 0 Å². The van der Waals surface area contributed by atoms with E-state index < -0.39 is 17.6 Å². The highest BCUT2D eigenvalue weighted by Gasteiger charge is 2.41. The fourth-order valence-corrected chi connectivity index (χ4v) is 2.96. The molecule has 1 N–H and O–H groups in total. The number of carbonyl (C=O) groups excluding carboxylic acids is 2. The molecule has 5 nitrogen and oxygen atoms in total. The Bertz CT molecular complexity index is 904. The van der Waals surface area contributed by atoms with Gasteiger partial charge in [0.1, 0.15) is 5.75 Å². The Hall–Kier alpha value is -3.08. The van der Waals surface area contributed by atoms with Crippen molar-refractivity contribution in [1.82, 2.24) is 0 Å². The van der Waals surface area contributed by atoms with Gasteiger partial charge in [-0.05, 0) is 29.2 Å². The zero-order valence-corrected chi connectivity index (χ0v) is 15.2. The summed E-state index contributed by atoms with van der Waals surface area (Å²) >= 11 is 0. The third kappa shape index (κ3) is 2.86. The minimum atomic E-state index is -0.737. The summed E-state index contributed by atoms with van der Waals surface area (Å²) < 4.78 is 5.26. The van der Waals surface area contributed by atoms with Gasteiger partial charge >= 0.3 is 5.91 Å². The van der Waals surface area contributed by atoms with E-state index in [1.54, 1.807) is 36.4 Å². The molecule has 26 heavy (non-hydrogen) atoms. The third-order valence-electron chi connectivity index (χ3n) is 4.43. The number of aliphatic hydroxyl groups excluding tert-OH is 1. The summed E-state index contributed by atoms with van der Waals surface area (Å²) in [6.07, 6.45) is 0. The van der Waals surface area contributed by atoms with Crippen molar-refractivity contribution in [3.63, 3.8) is 0 Å². The molecule has 0 spiro atoms. The number of hydrogen-bond acceptors (Lipinski definition) is 4. The summed E-state index contributed by atoms with van der Waals surface area (Å²) in [6, 6.07) is 14.0. The average Bonchev–Trinajstić information content (AvgIpc) is 2.83. The first kappa shape index (κ1) is 17.7. The molecule has 0 radical (unpaired) electrons. The van der Waals surface area contributed by atoms with Crippen molar-refractivity contribution in [2.75, 3.05) is 12.0 Å². The van der Waals surface area contributed by atoms with Crippen molar-refractivity contribution in [2.45, 2.75) is 26.2 Å². The zero-order chi connectivity index (χ0) is 19.1. The maximum Gasteiger partial charge on any atom is 0.301 e. The molecule has 0 fully saturated rings. The van der Waals surface area contributed by atoms with E-state index in [0.29, 0.717) is 17.0 Å². The van der Waals surface area contributed by atoms with Crippen LogP contribution in [0.2, 0.25) is 0 Å². The van der Waals surface area contributed by atoms with Crippen LogP contribution < -0.4 is 9.64 Å². The second-order valence-electron chi connectivity index (χ2n) is 7.17. The van der Waals surface area contributed by atoms with Gasteiger partial charge in [0.05, 0.1) is 18.4 Å². The Morgan fingerprint density at radius 1 is 0.923 bits per heavy atom. The van der Waals surface area contributed by atoms with Crippen LogP contribution in [0, 0.1) is 0 Å². The van der Waals surface area contributed by atoms with Gasteiger partial charge in [0.15, 0.2) is 5.76 Å². The van der Waals surface area contributed by atoms with Crippen LogP contribution in [0.1, 0.15) is 31.9 Å². The number of imide groups is 1. The Balaban J connectivity index is 2.01. The number of hydrogen-bond donors (Lipinski definition) is 1. The lowest BCUT2D eigenvalue weighted by molar-refractivity contribution is -0.121. The van der Waals surface area contributed by atoms with E-state index in [1.165, 1.54) is 7.11 Å². The maximum atomic E-state index is 12.9. The van der Waals surface area contributed by atoms with Gasteiger partial charge in [-0.3, -0.25) is 9.59 Å². The molecule has 0 unspecified atom stereocenters. The molecule has 1 aliphatic rings. The van der Waals surface area contributed by atoms with Crippen molar-refractivity contribution in [3.8, 4) is 5.75 Å². The van der Waals surface area contributed by atoms with Gasteiger partial charge in [-0.1, -0.05) is 51.1 Å². The zero-order valence-electron chi connectivity index (χ0n) is 15.2. The molecule has 2 amide bonds. The molecule has 0 aromatic heterocycles. The van der Waals surface area contributed by atoms with Gasteiger partial charge in [0.25, 0.3) is 5.91 Å². The lowest BCUT2D eigenvalue weighted by Gasteiger charge is -2.21. The van der Waals surface area contributed by atoms with Crippen LogP contribution in [-0.2, 0) is 15.0 Å². The predicted octanol–water partition coefficient (Wildman–Crippen LogP) is 3.84. The maximum absolute atomic E-state index is 12.9. The first-order valence-electron chi connectivity index (χ1n) is 8.31. The number of aliphatic hydroxyl groups is 1. The Morgan fingerprint density at radius 2 is 1.54 bits per heavy atom. The Labute approximate surface area is 152 Å². The Kier molecular flexibility index (Phi) is 4.32. The third-order valence-corrected chi connectivity index (χ3v) is 4.43. The molecule has 0 saturated heterocycles. The van der Waals surface area contributed by atoms with Crippen molar-refractivity contribution < 1.29 is 19.4 Å². The quantitative estimate of drug-likeness (QED) is 0.854. The van der Waals surface area contributed by atoms with Crippen molar-refractivity contribution in [1.29, 1.82) is 0 Å². The number of para-hydroxylation sites is 1. The van der Waals surface area contributed by atoms with Crippen LogP contribution in [0.4, 0.5) is 5.69 Å².